The van der Waals surface area contributed by atoms with Gasteiger partial charge in [-0.1, -0.05) is 115 Å². The highest BCUT2D eigenvalue weighted by Gasteiger charge is 2.75. The summed E-state index contributed by atoms with van der Waals surface area (Å²) in [5.41, 5.74) is 2.22. The number of imide groups is 1. The molecule has 7 unspecified atom stereocenters. The summed E-state index contributed by atoms with van der Waals surface area (Å²) < 4.78 is 28.1. The third kappa shape index (κ3) is 10.3. The molecule has 0 aliphatic carbocycles. The molecule has 0 radical (unpaired) electrons. The number of carbonyl (C=O) groups excluding carboxylic acids is 6. The minimum atomic E-state index is -2.18. The van der Waals surface area contributed by atoms with Gasteiger partial charge in [-0.3, -0.25) is 28.9 Å². The highest BCUT2D eigenvalue weighted by atomic mass is 16.6. The lowest BCUT2D eigenvalue weighted by atomic mass is 9.65. The molecule has 3 saturated heterocycles. The Balaban J connectivity index is 1.23. The summed E-state index contributed by atoms with van der Waals surface area (Å²) in [4.78, 5) is 94.9. The quantitative estimate of drug-likeness (QED) is 0.0422. The molecule has 6 aromatic rings. The molecule has 17 nitrogen and oxygen atoms in total. The van der Waals surface area contributed by atoms with Crippen LogP contribution in [-0.4, -0.2) is 106 Å². The van der Waals surface area contributed by atoms with E-state index < -0.39 is 83.3 Å². The topological polar surface area (TPSA) is 203 Å². The second-order valence-corrected chi connectivity index (χ2v) is 19.6. The van der Waals surface area contributed by atoms with Gasteiger partial charge in [-0.2, -0.15) is 0 Å². The maximum absolute atomic E-state index is 16.9. The lowest BCUT2D eigenvalue weighted by Crippen LogP contribution is -2.55. The number of carbonyl (C=O) groups is 6. The largest absolute Gasteiger partial charge is 0.491 e. The predicted molar refractivity (Wildman–Crippen MR) is 291 cm³/mol. The molecule has 6 aromatic carbocycles. The van der Waals surface area contributed by atoms with E-state index in [4.69, 9.17) is 23.7 Å². The number of hydrogen-bond acceptors (Lipinski definition) is 14. The van der Waals surface area contributed by atoms with Crippen molar-refractivity contribution in [3.63, 3.8) is 0 Å². The lowest BCUT2D eigenvalue weighted by molar-refractivity contribution is -0.178. The summed E-state index contributed by atoms with van der Waals surface area (Å²) in [6.07, 6.45) is -1.29. The number of cyclic esters (lactones) is 1. The van der Waals surface area contributed by atoms with E-state index in [-0.39, 0.29) is 36.4 Å². The van der Waals surface area contributed by atoms with Gasteiger partial charge in [0, 0.05) is 36.4 Å². The first kappa shape index (κ1) is 53.6. The van der Waals surface area contributed by atoms with E-state index >= 15 is 19.2 Å². The molecule has 79 heavy (non-hydrogen) atoms. The maximum Gasteiger partial charge on any atom is 0.329 e. The molecule has 17 heteroatoms. The zero-order valence-electron chi connectivity index (χ0n) is 43.8. The number of urea groups is 1. The SMILES string of the molecule is COC(=O)C(CC#Cc1ccc2c(c1)C1(C(=O)N2C(=O)NC(C)c2ccccc2)C(C(=O)Nc2ccc(N3CCOCC3)cc2)C2C(=O)OC(c3ccccc3)C(c3ccccc3)N2C1c1cccc(OCCO)c1)C(=O)OC. The first-order chi connectivity index (χ1) is 38.5. The monoisotopic (exact) mass is 1070 g/mol. The molecule has 4 aliphatic heterocycles. The van der Waals surface area contributed by atoms with Crippen LogP contribution in [0.25, 0.3) is 0 Å². The fourth-order valence-corrected chi connectivity index (χ4v) is 11.6. The third-order valence-electron chi connectivity index (χ3n) is 15.1. The van der Waals surface area contributed by atoms with Crippen molar-refractivity contribution in [3.05, 3.63) is 191 Å². The van der Waals surface area contributed by atoms with Crippen molar-refractivity contribution in [2.45, 2.75) is 49.0 Å². The van der Waals surface area contributed by atoms with Gasteiger partial charge in [0.2, 0.25) is 11.8 Å². The molecule has 3 N–H and O–H groups in total. The summed E-state index contributed by atoms with van der Waals surface area (Å²) in [6.45, 7) is 3.90. The molecule has 404 valence electrons. The van der Waals surface area contributed by atoms with E-state index in [0.29, 0.717) is 54.4 Å². The Labute approximate surface area is 457 Å². The number of aliphatic hydroxyl groups is 1. The van der Waals surface area contributed by atoms with Crippen LogP contribution >= 0.6 is 0 Å². The van der Waals surface area contributed by atoms with Crippen molar-refractivity contribution in [2.75, 3.05) is 68.9 Å². The van der Waals surface area contributed by atoms with Crippen LogP contribution in [0.2, 0.25) is 0 Å². The molecule has 0 bridgehead atoms. The van der Waals surface area contributed by atoms with Crippen molar-refractivity contribution in [1.29, 1.82) is 0 Å². The maximum atomic E-state index is 16.9. The van der Waals surface area contributed by atoms with Crippen LogP contribution < -0.4 is 25.2 Å². The molecule has 4 aliphatic rings. The highest BCUT2D eigenvalue weighted by molar-refractivity contribution is 6.25. The fourth-order valence-electron chi connectivity index (χ4n) is 11.6. The second kappa shape index (κ2) is 23.4. The number of anilines is 3. The number of nitrogens with one attached hydrogen (secondary N) is 2. The van der Waals surface area contributed by atoms with Crippen molar-refractivity contribution >= 4 is 52.8 Å². The molecule has 1 spiro atoms. The fraction of sp³-hybridized carbons (Fsp3) is 0.290. The van der Waals surface area contributed by atoms with Crippen molar-refractivity contribution in [3.8, 4) is 17.6 Å². The molecule has 0 saturated carbocycles. The normalized spacial score (nSPS) is 21.7. The molecule has 4 heterocycles. The number of aliphatic hydroxyl groups excluding tert-OH is 1. The number of nitrogens with zero attached hydrogens (tertiary/aromatic N) is 3. The van der Waals surface area contributed by atoms with E-state index in [1.54, 1.807) is 61.5 Å². The second-order valence-electron chi connectivity index (χ2n) is 19.6. The first-order valence-corrected chi connectivity index (χ1v) is 26.1. The van der Waals surface area contributed by atoms with Crippen LogP contribution in [0, 0.1) is 23.7 Å². The molecule has 3 fully saturated rings. The summed E-state index contributed by atoms with van der Waals surface area (Å²) in [5, 5.41) is 16.1. The number of fused-ring (bicyclic) bond motifs is 3. The van der Waals surface area contributed by atoms with Crippen LogP contribution in [0.4, 0.5) is 21.9 Å². The van der Waals surface area contributed by atoms with Crippen molar-refractivity contribution in [2.24, 2.45) is 11.8 Å². The Bertz CT molecular complexity index is 3280. The number of hydrogen-bond donors (Lipinski definition) is 3. The zero-order chi connectivity index (χ0) is 55.2. The van der Waals surface area contributed by atoms with E-state index in [0.717, 1.165) is 30.4 Å². The van der Waals surface area contributed by atoms with Crippen LogP contribution in [0.15, 0.2) is 158 Å². The molecular formula is C62H59N5O12. The average Bonchev–Trinajstić information content (AvgIpc) is 2.03. The Morgan fingerprint density at radius 1 is 0.759 bits per heavy atom. The van der Waals surface area contributed by atoms with E-state index in [1.807, 2.05) is 108 Å². The molecule has 10 rings (SSSR count). The number of esters is 3. The van der Waals surface area contributed by atoms with Gasteiger partial charge < -0.3 is 44.3 Å². The van der Waals surface area contributed by atoms with E-state index in [2.05, 4.69) is 27.4 Å². The first-order valence-electron chi connectivity index (χ1n) is 26.1. The van der Waals surface area contributed by atoms with E-state index in [9.17, 15) is 14.7 Å². The van der Waals surface area contributed by atoms with Gasteiger partial charge in [0.1, 0.15) is 29.9 Å². The van der Waals surface area contributed by atoms with E-state index in [1.165, 1.54) is 0 Å². The Morgan fingerprint density at radius 3 is 2.06 bits per heavy atom. The number of methoxy groups -OCH3 is 2. The summed E-state index contributed by atoms with van der Waals surface area (Å²) >= 11 is 0. The number of morpholine rings is 2. The van der Waals surface area contributed by atoms with Crippen LogP contribution in [0.5, 0.6) is 5.75 Å². The third-order valence-corrected chi connectivity index (χ3v) is 15.1. The zero-order valence-corrected chi connectivity index (χ0v) is 43.8. The van der Waals surface area contributed by atoms with Gasteiger partial charge >= 0.3 is 23.9 Å². The van der Waals surface area contributed by atoms with Gasteiger partial charge in [-0.15, -0.1) is 0 Å². The number of rotatable bonds is 14. The van der Waals surface area contributed by atoms with Gasteiger partial charge in [0.05, 0.1) is 63.8 Å². The summed E-state index contributed by atoms with van der Waals surface area (Å²) in [7, 11) is 2.30. The van der Waals surface area contributed by atoms with Crippen molar-refractivity contribution in [1.82, 2.24) is 10.2 Å². The highest BCUT2D eigenvalue weighted by Crippen LogP contribution is 2.66. The van der Waals surface area contributed by atoms with Gasteiger partial charge in [0.15, 0.2) is 5.92 Å². The van der Waals surface area contributed by atoms with Gasteiger partial charge in [0.25, 0.3) is 0 Å². The summed E-state index contributed by atoms with van der Waals surface area (Å²) in [5.74, 6) is -0.745. The number of ether oxygens (including phenoxy) is 5. The minimum Gasteiger partial charge on any atom is -0.491 e. The Hall–Kier alpha value is -8.82. The number of benzene rings is 6. The molecule has 7 atom stereocenters. The van der Waals surface area contributed by atoms with Gasteiger partial charge in [-0.25, -0.2) is 9.69 Å². The van der Waals surface area contributed by atoms with Crippen molar-refractivity contribution < 1.29 is 57.6 Å². The van der Waals surface area contributed by atoms with Gasteiger partial charge in [-0.05, 0) is 89.3 Å². The van der Waals surface area contributed by atoms with Crippen LogP contribution in [-0.2, 0) is 48.3 Å². The standard InChI is InChI=1S/C62H59N5O12/c1-39(41-16-7-4-8-17-41)63-61(74)66-50-30-25-40(15-13-24-48(57(70)75-2)58(71)76-3)37-49(50)62(60(66)73)51(56(69)64-45-26-28-46(29-27-45)65-31-34-77-35-32-65)53-59(72)79-54(43-20-11-6-12-21-43)52(42-18-9-5-10-19-42)67(53)55(62)44-22-14-23-47(38-44)78-36-33-68/h4-12,14,16-23,25-30,37-39,48,51-55,68H,24,31-36H2,1-3H3,(H,63,74)(H,64,69). The van der Waals surface area contributed by atoms with Crippen LogP contribution in [0.1, 0.15) is 71.0 Å². The molecular weight excluding hydrogens is 1010 g/mol. The average molecular weight is 1070 g/mol. The van der Waals surface area contributed by atoms with Crippen LogP contribution in [0.3, 0.4) is 0 Å². The Morgan fingerprint density at radius 2 is 1.41 bits per heavy atom. The lowest BCUT2D eigenvalue weighted by Gasteiger charge is -2.46. The smallest absolute Gasteiger partial charge is 0.329 e. The molecule has 4 amide bonds. The number of amides is 4. The summed E-state index contributed by atoms with van der Waals surface area (Å²) in [6, 6.07) is 41.8. The minimum absolute atomic E-state index is 0.0693. The Kier molecular flexibility index (Phi) is 15.9. The predicted octanol–water partition coefficient (Wildman–Crippen LogP) is 7.37. The molecule has 0 aromatic heterocycles.